The van der Waals surface area contributed by atoms with Crippen LogP contribution < -0.4 is 26.4 Å². The number of benzene rings is 7. The Morgan fingerprint density at radius 2 is 0.561 bits per heavy atom. The zero-order chi connectivity index (χ0) is 48.4. The zero-order valence-corrected chi connectivity index (χ0v) is 31.9. The lowest BCUT2D eigenvalue weighted by atomic mass is 9.12. The average molecular weight is 949 g/mol. The number of nitrogens with zero attached hydrogens (tertiary/aromatic N) is 1. The molecule has 340 valence electrons. The molecule has 0 amide bonds. The zero-order valence-electron chi connectivity index (χ0n) is 31.9. The van der Waals surface area contributed by atoms with Crippen molar-refractivity contribution in [1.29, 1.82) is 0 Å². The standard InChI is InChI=1S/C24BF20.C20H16N/c26-5-1(6(27)14(35)21(42)13(5)34)25(2-7(28)15(36)22(43)16(37)8(2)29,3-9(30)17(38)23(44)18(39)10(3)31)4-11(32)19(40)24(45)20(41)12(4)33;1-3-7-19-13-16(9-10-17(19)5-1)14-21-12-11-18-6-2-4-8-20(18)15-21/h;1-13,15H,14H2/q-1;+1. The van der Waals surface area contributed by atoms with E-state index in [1.165, 1.54) is 27.1 Å². The molecule has 1 nitrogen and oxygen atoms in total. The van der Waals surface area contributed by atoms with Gasteiger partial charge in [-0.2, -0.15) is 0 Å². The van der Waals surface area contributed by atoms with Crippen LogP contribution in [-0.4, -0.2) is 6.15 Å². The Morgan fingerprint density at radius 3 is 0.894 bits per heavy atom. The highest BCUT2D eigenvalue weighted by atomic mass is 19.2. The first-order valence-corrected chi connectivity index (χ1v) is 18.2. The average Bonchev–Trinajstić information content (AvgIpc) is 3.31. The van der Waals surface area contributed by atoms with E-state index in [-0.39, 0.29) is 0 Å². The number of pyridine rings is 1. The molecular weight excluding hydrogens is 933 g/mol. The topological polar surface area (TPSA) is 3.88 Å². The van der Waals surface area contributed by atoms with Gasteiger partial charge < -0.3 is 0 Å². The highest BCUT2D eigenvalue weighted by Crippen LogP contribution is 2.31. The van der Waals surface area contributed by atoms with Gasteiger partial charge >= 0.3 is 0 Å². The first-order chi connectivity index (χ1) is 31.1. The Bertz CT molecular complexity index is 2840. The summed E-state index contributed by atoms with van der Waals surface area (Å²) in [5.74, 6) is -71.4. The second-order valence-corrected chi connectivity index (χ2v) is 14.2. The number of halogens is 20. The second-order valence-electron chi connectivity index (χ2n) is 14.2. The van der Waals surface area contributed by atoms with E-state index in [1.807, 2.05) is 0 Å². The van der Waals surface area contributed by atoms with E-state index in [1.54, 1.807) is 0 Å². The summed E-state index contributed by atoms with van der Waals surface area (Å²) in [7, 11) is 0. The summed E-state index contributed by atoms with van der Waals surface area (Å²) in [5.41, 5.74) is -13.0. The molecule has 0 aliphatic carbocycles. The van der Waals surface area contributed by atoms with Crippen molar-refractivity contribution in [3.05, 3.63) is 207 Å². The third kappa shape index (κ3) is 7.22. The Morgan fingerprint density at radius 1 is 0.288 bits per heavy atom. The van der Waals surface area contributed by atoms with E-state index in [4.69, 9.17) is 0 Å². The molecule has 0 saturated carbocycles. The molecule has 22 heteroatoms. The third-order valence-electron chi connectivity index (χ3n) is 10.6. The second kappa shape index (κ2) is 17.4. The van der Waals surface area contributed by atoms with Crippen LogP contribution in [0.5, 0.6) is 0 Å². The molecule has 0 N–H and O–H groups in total. The van der Waals surface area contributed by atoms with Gasteiger partial charge in [-0.05, 0) is 28.3 Å². The predicted molar refractivity (Wildman–Crippen MR) is 196 cm³/mol. The molecule has 7 aromatic carbocycles. The van der Waals surface area contributed by atoms with Gasteiger partial charge in [0.25, 0.3) is 0 Å². The maximum atomic E-state index is 15.4. The van der Waals surface area contributed by atoms with Crippen LogP contribution in [0.4, 0.5) is 87.8 Å². The van der Waals surface area contributed by atoms with Crippen LogP contribution in [0.3, 0.4) is 0 Å². The molecule has 0 fully saturated rings. The Kier molecular flexibility index (Phi) is 12.3. The molecule has 0 aliphatic heterocycles. The minimum absolute atomic E-state index is 0.898. The molecule has 0 aliphatic rings. The highest BCUT2D eigenvalue weighted by molar-refractivity contribution is 7.20. The Labute approximate surface area is 355 Å². The molecule has 1 aromatic heterocycles. The number of hydrogen-bond acceptors (Lipinski definition) is 0. The first kappa shape index (κ1) is 46.9. The molecule has 8 rings (SSSR count). The van der Waals surface area contributed by atoms with Crippen molar-refractivity contribution < 1.29 is 92.4 Å². The minimum atomic E-state index is -7.22. The minimum Gasteiger partial charge on any atom is -0.207 e. The fourth-order valence-corrected chi connectivity index (χ4v) is 7.70. The molecule has 0 radical (unpaired) electrons. The van der Waals surface area contributed by atoms with E-state index in [0.29, 0.717) is 0 Å². The maximum Gasteiger partial charge on any atom is 0.200 e. The highest BCUT2D eigenvalue weighted by Gasteiger charge is 2.52. The van der Waals surface area contributed by atoms with Crippen LogP contribution in [0.25, 0.3) is 21.5 Å². The number of rotatable bonds is 6. The van der Waals surface area contributed by atoms with Crippen molar-refractivity contribution in [2.45, 2.75) is 6.54 Å². The molecular formula is C44H16BF20N. The number of aromatic nitrogens is 1. The van der Waals surface area contributed by atoms with Gasteiger partial charge in [-0.1, -0.05) is 54.6 Å². The van der Waals surface area contributed by atoms with E-state index >= 15 is 35.1 Å². The molecule has 8 aromatic rings. The van der Waals surface area contributed by atoms with Gasteiger partial charge in [0.15, 0.2) is 88.7 Å². The van der Waals surface area contributed by atoms with E-state index in [0.717, 1.165) is 6.54 Å². The number of fused-ring (bicyclic) bond motifs is 2. The number of hydrogen-bond donors (Lipinski definition) is 0. The van der Waals surface area contributed by atoms with Crippen molar-refractivity contribution in [2.24, 2.45) is 0 Å². The molecule has 1 heterocycles. The maximum absolute atomic E-state index is 15.4. The van der Waals surface area contributed by atoms with Gasteiger partial charge in [-0.3, -0.25) is 0 Å². The van der Waals surface area contributed by atoms with Gasteiger partial charge in [0.2, 0.25) is 0 Å². The van der Waals surface area contributed by atoms with Gasteiger partial charge in [-0.25, -0.2) is 92.4 Å². The van der Waals surface area contributed by atoms with Crippen molar-refractivity contribution in [2.75, 3.05) is 0 Å². The van der Waals surface area contributed by atoms with Crippen molar-refractivity contribution in [3.8, 4) is 0 Å². The van der Waals surface area contributed by atoms with E-state index in [2.05, 4.69) is 89.8 Å². The Balaban J connectivity index is 0.000000254. The summed E-state index contributed by atoms with van der Waals surface area (Å²) in [6, 6.07) is 25.8. The van der Waals surface area contributed by atoms with Crippen LogP contribution in [0.15, 0.2) is 85.2 Å². The normalized spacial score (nSPS) is 11.7. The first-order valence-electron chi connectivity index (χ1n) is 18.2. The van der Waals surface area contributed by atoms with Crippen LogP contribution in [0.1, 0.15) is 5.56 Å². The molecule has 0 unspecified atom stereocenters. The van der Waals surface area contributed by atoms with Crippen LogP contribution in [0.2, 0.25) is 0 Å². The molecule has 0 bridgehead atoms. The van der Waals surface area contributed by atoms with Gasteiger partial charge in [-0.15, -0.1) is 21.9 Å². The molecule has 0 spiro atoms. The monoisotopic (exact) mass is 949 g/mol. The predicted octanol–water partition coefficient (Wildman–Crippen LogP) is 10.2. The van der Waals surface area contributed by atoms with Crippen molar-refractivity contribution in [1.82, 2.24) is 0 Å². The molecule has 0 saturated heterocycles. The van der Waals surface area contributed by atoms with E-state index in [9.17, 15) is 52.7 Å². The summed E-state index contributed by atoms with van der Waals surface area (Å²) < 4.78 is 296. The molecule has 0 atom stereocenters. The van der Waals surface area contributed by atoms with Crippen molar-refractivity contribution >= 4 is 49.5 Å². The van der Waals surface area contributed by atoms with Crippen molar-refractivity contribution in [3.63, 3.8) is 0 Å². The lowest BCUT2D eigenvalue weighted by Gasteiger charge is -2.44. The van der Waals surface area contributed by atoms with Crippen LogP contribution in [-0.2, 0) is 6.54 Å². The summed E-state index contributed by atoms with van der Waals surface area (Å²) >= 11 is 0. The van der Waals surface area contributed by atoms with Gasteiger partial charge in [0.05, 0.1) is 0 Å². The van der Waals surface area contributed by atoms with E-state index < -0.39 is 144 Å². The summed E-state index contributed by atoms with van der Waals surface area (Å²) in [5, 5.41) is 5.16. The van der Waals surface area contributed by atoms with Crippen LogP contribution >= 0.6 is 0 Å². The van der Waals surface area contributed by atoms with Crippen LogP contribution in [0, 0.1) is 116 Å². The SMILES string of the molecule is Fc1c(F)c(F)c([B-](c2c(F)c(F)c(F)c(F)c2F)(c2c(F)c(F)c(F)c(F)c2F)c2c(F)c(F)c(F)c(F)c2F)c(F)c1F.c1ccc2cc(C[n+]3ccc4ccccc4c3)ccc2c1. The third-order valence-corrected chi connectivity index (χ3v) is 10.6. The molecule has 66 heavy (non-hydrogen) atoms. The Hall–Kier alpha value is -7.13. The fraction of sp³-hybridized carbons (Fsp3) is 0.0227. The quantitative estimate of drug-likeness (QED) is 0.0514. The summed E-state index contributed by atoms with van der Waals surface area (Å²) in [6.45, 7) is 0.898. The largest absolute Gasteiger partial charge is 0.207 e. The smallest absolute Gasteiger partial charge is 0.200 e. The summed E-state index contributed by atoms with van der Waals surface area (Å²) in [4.78, 5) is 0. The van der Waals surface area contributed by atoms with Gasteiger partial charge in [0, 0.05) is 17.0 Å². The summed E-state index contributed by atoms with van der Waals surface area (Å²) in [6.07, 6.45) is -2.85. The lowest BCUT2D eigenvalue weighted by Crippen LogP contribution is -2.81. The lowest BCUT2D eigenvalue weighted by molar-refractivity contribution is -0.687. The fourth-order valence-electron chi connectivity index (χ4n) is 7.70. The van der Waals surface area contributed by atoms with Gasteiger partial charge in [0.1, 0.15) is 52.7 Å².